The van der Waals surface area contributed by atoms with Gasteiger partial charge in [-0.05, 0) is 46.9 Å². The van der Waals surface area contributed by atoms with Gasteiger partial charge in [-0.25, -0.2) is 0 Å². The van der Waals surface area contributed by atoms with Gasteiger partial charge in [0.05, 0.1) is 0 Å². The van der Waals surface area contributed by atoms with Crippen LogP contribution in [0.5, 0.6) is 11.5 Å². The van der Waals surface area contributed by atoms with Crippen molar-refractivity contribution in [3.63, 3.8) is 0 Å². The van der Waals surface area contributed by atoms with Gasteiger partial charge < -0.3 is 10.2 Å². The van der Waals surface area contributed by atoms with Crippen molar-refractivity contribution < 1.29 is 10.2 Å². The van der Waals surface area contributed by atoms with Crippen LogP contribution in [0.2, 0.25) is 0 Å². The first-order chi connectivity index (χ1) is 14.2. The fraction of sp³-hybridized carbons (Fsp3) is 0.111. The second-order valence-corrected chi connectivity index (χ2v) is 6.80. The van der Waals surface area contributed by atoms with E-state index in [0.717, 1.165) is 29.5 Å². The van der Waals surface area contributed by atoms with Crippen LogP contribution in [0.25, 0.3) is 22.3 Å². The molecule has 0 saturated carbocycles. The van der Waals surface area contributed by atoms with Gasteiger partial charge in [0.25, 0.3) is 0 Å². The lowest BCUT2D eigenvalue weighted by atomic mass is 9.88. The minimum absolute atomic E-state index is 0.322. The van der Waals surface area contributed by atoms with Gasteiger partial charge in [-0.15, -0.1) is 0 Å². The molecule has 0 amide bonds. The Balaban J connectivity index is 0.000000290. The van der Waals surface area contributed by atoms with Crippen molar-refractivity contribution in [1.29, 1.82) is 0 Å². The minimum Gasteiger partial charge on any atom is -0.508 e. The van der Waals surface area contributed by atoms with Crippen LogP contribution in [-0.4, -0.2) is 10.2 Å². The van der Waals surface area contributed by atoms with Crippen molar-refractivity contribution in [2.45, 2.75) is 19.8 Å². The summed E-state index contributed by atoms with van der Waals surface area (Å²) >= 11 is 0. The topological polar surface area (TPSA) is 40.5 Å². The van der Waals surface area contributed by atoms with Gasteiger partial charge in [0.1, 0.15) is 11.5 Å². The third kappa shape index (κ3) is 5.26. The SMILES string of the molecule is CCCc1c(O)ccc(-c2ccccc2)c1-c1ccccc1.Oc1ccccc1. The third-order valence-electron chi connectivity index (χ3n) is 4.69. The molecule has 4 aromatic carbocycles. The maximum absolute atomic E-state index is 10.4. The van der Waals surface area contributed by atoms with Crippen molar-refractivity contribution in [2.24, 2.45) is 0 Å². The lowest BCUT2D eigenvalue weighted by Gasteiger charge is -2.17. The molecular weight excluding hydrogens is 356 g/mol. The highest BCUT2D eigenvalue weighted by Gasteiger charge is 2.15. The zero-order valence-electron chi connectivity index (χ0n) is 16.6. The predicted molar refractivity (Wildman–Crippen MR) is 121 cm³/mol. The van der Waals surface area contributed by atoms with E-state index in [-0.39, 0.29) is 0 Å². The molecule has 4 rings (SSSR count). The summed E-state index contributed by atoms with van der Waals surface area (Å²) in [5.74, 6) is 0.711. The monoisotopic (exact) mass is 382 g/mol. The highest BCUT2D eigenvalue weighted by molar-refractivity contribution is 5.87. The molecule has 0 heterocycles. The minimum atomic E-state index is 0.322. The summed E-state index contributed by atoms with van der Waals surface area (Å²) in [5.41, 5.74) is 5.69. The fourth-order valence-corrected chi connectivity index (χ4v) is 3.36. The van der Waals surface area contributed by atoms with Crippen LogP contribution < -0.4 is 0 Å². The molecule has 2 nitrogen and oxygen atoms in total. The second-order valence-electron chi connectivity index (χ2n) is 6.80. The molecule has 0 aliphatic heterocycles. The normalized spacial score (nSPS) is 10.1. The number of phenols is 2. The first-order valence-electron chi connectivity index (χ1n) is 9.90. The average Bonchev–Trinajstić information content (AvgIpc) is 2.77. The van der Waals surface area contributed by atoms with Crippen LogP contribution in [0.1, 0.15) is 18.9 Å². The zero-order valence-corrected chi connectivity index (χ0v) is 16.6. The van der Waals surface area contributed by atoms with E-state index in [9.17, 15) is 5.11 Å². The molecule has 2 N–H and O–H groups in total. The highest BCUT2D eigenvalue weighted by Crippen LogP contribution is 2.39. The Kier molecular flexibility index (Phi) is 7.07. The van der Waals surface area contributed by atoms with E-state index < -0.39 is 0 Å². The maximum atomic E-state index is 10.4. The smallest absolute Gasteiger partial charge is 0.119 e. The van der Waals surface area contributed by atoms with Crippen LogP contribution in [-0.2, 0) is 6.42 Å². The van der Waals surface area contributed by atoms with Crippen LogP contribution >= 0.6 is 0 Å². The summed E-state index contributed by atoms with van der Waals surface area (Å²) in [6, 6.07) is 33.3. The standard InChI is InChI=1S/C21H20O.C6H6O/c1-2-9-19-20(22)15-14-18(16-10-5-3-6-11-16)21(19)17-12-7-4-8-13-17;7-6-4-2-1-3-5-6/h3-8,10-15,22H,2,9H2,1H3;1-5,7H. The summed E-state index contributed by atoms with van der Waals surface area (Å²) in [4.78, 5) is 0. The van der Waals surface area contributed by atoms with E-state index in [1.165, 1.54) is 11.1 Å². The number of hydrogen-bond acceptors (Lipinski definition) is 2. The molecule has 0 aromatic heterocycles. The molecular formula is C27H26O2. The van der Waals surface area contributed by atoms with Gasteiger partial charge in [0, 0.05) is 5.56 Å². The largest absolute Gasteiger partial charge is 0.508 e. The molecule has 0 aliphatic carbocycles. The number of benzene rings is 4. The molecule has 0 saturated heterocycles. The Morgan fingerprint density at radius 3 is 1.59 bits per heavy atom. The number of hydrogen-bond donors (Lipinski definition) is 2. The lowest BCUT2D eigenvalue weighted by molar-refractivity contribution is 0.468. The molecule has 2 heteroatoms. The van der Waals surface area contributed by atoms with Crippen LogP contribution in [0.3, 0.4) is 0 Å². The molecule has 0 radical (unpaired) electrons. The Labute approximate surface area is 172 Å². The zero-order chi connectivity index (χ0) is 20.5. The molecule has 4 aromatic rings. The average molecular weight is 383 g/mol. The van der Waals surface area contributed by atoms with Gasteiger partial charge >= 0.3 is 0 Å². The predicted octanol–water partition coefficient (Wildman–Crippen LogP) is 7.07. The molecule has 0 unspecified atom stereocenters. The number of para-hydroxylation sites is 1. The lowest BCUT2D eigenvalue weighted by Crippen LogP contribution is -1.94. The molecule has 146 valence electrons. The Hall–Kier alpha value is -3.52. The summed E-state index contributed by atoms with van der Waals surface area (Å²) in [7, 11) is 0. The van der Waals surface area contributed by atoms with E-state index in [1.54, 1.807) is 24.3 Å². The van der Waals surface area contributed by atoms with Crippen LogP contribution in [0.15, 0.2) is 103 Å². The summed E-state index contributed by atoms with van der Waals surface area (Å²) in [5, 5.41) is 19.0. The second kappa shape index (κ2) is 10.1. The van der Waals surface area contributed by atoms with Crippen molar-refractivity contribution in [2.75, 3.05) is 0 Å². The van der Waals surface area contributed by atoms with E-state index in [2.05, 4.69) is 43.3 Å². The van der Waals surface area contributed by atoms with Gasteiger partial charge in [-0.1, -0.05) is 98.3 Å². The van der Waals surface area contributed by atoms with Crippen molar-refractivity contribution in [3.8, 4) is 33.8 Å². The molecule has 29 heavy (non-hydrogen) atoms. The van der Waals surface area contributed by atoms with Crippen molar-refractivity contribution in [1.82, 2.24) is 0 Å². The van der Waals surface area contributed by atoms with E-state index in [4.69, 9.17) is 5.11 Å². The van der Waals surface area contributed by atoms with Gasteiger partial charge in [-0.3, -0.25) is 0 Å². The summed E-state index contributed by atoms with van der Waals surface area (Å²) in [6.45, 7) is 2.14. The number of phenolic OH excluding ortho intramolecular Hbond substituents is 2. The van der Waals surface area contributed by atoms with E-state index >= 15 is 0 Å². The highest BCUT2D eigenvalue weighted by atomic mass is 16.3. The first kappa shape index (κ1) is 20.2. The first-order valence-corrected chi connectivity index (χ1v) is 9.90. The number of rotatable bonds is 4. The van der Waals surface area contributed by atoms with Gasteiger partial charge in [-0.2, -0.15) is 0 Å². The summed E-state index contributed by atoms with van der Waals surface area (Å²) < 4.78 is 0. The maximum Gasteiger partial charge on any atom is 0.119 e. The Morgan fingerprint density at radius 1 is 0.586 bits per heavy atom. The number of aromatic hydroxyl groups is 2. The van der Waals surface area contributed by atoms with E-state index in [0.29, 0.717) is 11.5 Å². The Bertz CT molecular complexity index is 1010. The summed E-state index contributed by atoms with van der Waals surface area (Å²) in [6.07, 6.45) is 1.88. The van der Waals surface area contributed by atoms with Gasteiger partial charge in [0.15, 0.2) is 0 Å². The van der Waals surface area contributed by atoms with Gasteiger partial charge in [0.2, 0.25) is 0 Å². The molecule has 0 spiro atoms. The van der Waals surface area contributed by atoms with Crippen molar-refractivity contribution in [3.05, 3.63) is 109 Å². The molecule has 0 atom stereocenters. The third-order valence-corrected chi connectivity index (χ3v) is 4.69. The van der Waals surface area contributed by atoms with Crippen LogP contribution in [0.4, 0.5) is 0 Å². The quantitative estimate of drug-likeness (QED) is 0.396. The Morgan fingerprint density at radius 2 is 1.10 bits per heavy atom. The molecule has 0 aliphatic rings. The molecule has 0 bridgehead atoms. The van der Waals surface area contributed by atoms with Crippen LogP contribution in [0, 0.1) is 0 Å². The fourth-order valence-electron chi connectivity index (χ4n) is 3.36. The molecule has 0 fully saturated rings. The van der Waals surface area contributed by atoms with E-state index in [1.807, 2.05) is 42.5 Å². The van der Waals surface area contributed by atoms with Crippen molar-refractivity contribution >= 4 is 0 Å².